The number of amides is 1. The first-order chi connectivity index (χ1) is 7.84. The van der Waals surface area contributed by atoms with Crippen molar-refractivity contribution in [1.29, 1.82) is 0 Å². The Bertz CT molecular complexity index is 412. The van der Waals surface area contributed by atoms with E-state index in [4.69, 9.17) is 0 Å². The molecule has 1 fully saturated rings. The third-order valence-corrected chi connectivity index (χ3v) is 3.60. The molecular weight excluding hydrogens is 200 g/mol. The van der Waals surface area contributed by atoms with Gasteiger partial charge in [-0.3, -0.25) is 4.79 Å². The van der Waals surface area contributed by atoms with Gasteiger partial charge in [0.1, 0.15) is 0 Å². The highest BCUT2D eigenvalue weighted by Crippen LogP contribution is 2.30. The van der Waals surface area contributed by atoms with E-state index in [0.717, 1.165) is 25.9 Å². The lowest BCUT2D eigenvalue weighted by atomic mass is 10.0. The molecule has 16 heavy (non-hydrogen) atoms. The molecule has 0 saturated carbocycles. The number of aryl methyl sites for hydroxylation is 1. The van der Waals surface area contributed by atoms with Crippen molar-refractivity contribution in [2.24, 2.45) is 5.92 Å². The van der Waals surface area contributed by atoms with Gasteiger partial charge >= 0.3 is 0 Å². The van der Waals surface area contributed by atoms with Crippen molar-refractivity contribution in [2.45, 2.75) is 18.9 Å². The predicted molar refractivity (Wildman–Crippen MR) is 62.0 cm³/mol. The van der Waals surface area contributed by atoms with Crippen LogP contribution < -0.4 is 10.6 Å². The summed E-state index contributed by atoms with van der Waals surface area (Å²) in [6.45, 7) is 1.67. The summed E-state index contributed by atoms with van der Waals surface area (Å²) in [5, 5.41) is 6.28. The van der Waals surface area contributed by atoms with Crippen molar-refractivity contribution >= 4 is 5.91 Å². The molecule has 1 aliphatic heterocycles. The average Bonchev–Trinajstić information content (AvgIpc) is 2.59. The second-order valence-electron chi connectivity index (χ2n) is 4.65. The molecule has 0 spiro atoms. The Labute approximate surface area is 95.2 Å². The number of carbonyl (C=O) groups is 1. The van der Waals surface area contributed by atoms with E-state index in [1.165, 1.54) is 11.1 Å². The first kappa shape index (κ1) is 9.85. The van der Waals surface area contributed by atoms with Crippen LogP contribution in [0.2, 0.25) is 0 Å². The second kappa shape index (κ2) is 3.91. The minimum Gasteiger partial charge on any atom is -0.349 e. The SMILES string of the molecule is O=C(NC1CCc2ccccc21)C1CNC1. The van der Waals surface area contributed by atoms with E-state index in [1.807, 2.05) is 6.07 Å². The Balaban J connectivity index is 1.70. The zero-order valence-electron chi connectivity index (χ0n) is 9.20. The predicted octanol–water partition coefficient (Wildman–Crippen LogP) is 1.01. The fourth-order valence-corrected chi connectivity index (χ4v) is 2.47. The van der Waals surface area contributed by atoms with Crippen LogP contribution in [-0.2, 0) is 11.2 Å². The van der Waals surface area contributed by atoms with Crippen molar-refractivity contribution in [1.82, 2.24) is 10.6 Å². The van der Waals surface area contributed by atoms with Gasteiger partial charge in [0.05, 0.1) is 12.0 Å². The largest absolute Gasteiger partial charge is 0.349 e. The van der Waals surface area contributed by atoms with E-state index >= 15 is 0 Å². The van der Waals surface area contributed by atoms with Crippen LogP contribution in [0.25, 0.3) is 0 Å². The minimum atomic E-state index is 0.188. The quantitative estimate of drug-likeness (QED) is 0.774. The highest BCUT2D eigenvalue weighted by atomic mass is 16.2. The Morgan fingerprint density at radius 3 is 2.88 bits per heavy atom. The first-order valence-corrected chi connectivity index (χ1v) is 5.93. The number of rotatable bonds is 2. The molecule has 1 unspecified atom stereocenters. The van der Waals surface area contributed by atoms with Gasteiger partial charge in [-0.2, -0.15) is 0 Å². The average molecular weight is 216 g/mol. The summed E-state index contributed by atoms with van der Waals surface area (Å²) in [6.07, 6.45) is 2.13. The molecule has 0 radical (unpaired) electrons. The van der Waals surface area contributed by atoms with Crippen molar-refractivity contribution < 1.29 is 4.79 Å². The topological polar surface area (TPSA) is 41.1 Å². The minimum absolute atomic E-state index is 0.188. The van der Waals surface area contributed by atoms with Crippen LogP contribution >= 0.6 is 0 Å². The lowest BCUT2D eigenvalue weighted by Gasteiger charge is -2.27. The molecule has 1 amide bonds. The van der Waals surface area contributed by atoms with Crippen LogP contribution in [0.5, 0.6) is 0 Å². The van der Waals surface area contributed by atoms with Gasteiger partial charge in [0.25, 0.3) is 0 Å². The zero-order chi connectivity index (χ0) is 11.0. The van der Waals surface area contributed by atoms with Crippen molar-refractivity contribution in [3.63, 3.8) is 0 Å². The summed E-state index contributed by atoms with van der Waals surface area (Å²) in [4.78, 5) is 11.8. The number of carbonyl (C=O) groups excluding carboxylic acids is 1. The number of hydrogen-bond donors (Lipinski definition) is 2. The van der Waals surface area contributed by atoms with Gasteiger partial charge in [-0.15, -0.1) is 0 Å². The van der Waals surface area contributed by atoms with Crippen LogP contribution in [0.1, 0.15) is 23.6 Å². The number of fused-ring (bicyclic) bond motifs is 1. The zero-order valence-corrected chi connectivity index (χ0v) is 9.20. The maximum atomic E-state index is 11.8. The fraction of sp³-hybridized carbons (Fsp3) is 0.462. The van der Waals surface area contributed by atoms with E-state index < -0.39 is 0 Å². The Morgan fingerprint density at radius 2 is 2.12 bits per heavy atom. The van der Waals surface area contributed by atoms with Crippen molar-refractivity contribution in [3.05, 3.63) is 35.4 Å². The highest BCUT2D eigenvalue weighted by molar-refractivity contribution is 5.80. The molecule has 1 aromatic carbocycles. The smallest absolute Gasteiger partial charge is 0.226 e. The standard InChI is InChI=1S/C13H16N2O/c16-13(10-7-14-8-10)15-12-6-5-9-3-1-2-4-11(9)12/h1-4,10,12,14H,5-8H2,(H,15,16). The molecule has 3 rings (SSSR count). The molecule has 1 heterocycles. The first-order valence-electron chi connectivity index (χ1n) is 5.93. The van der Waals surface area contributed by atoms with Gasteiger partial charge < -0.3 is 10.6 Å². The summed E-state index contributed by atoms with van der Waals surface area (Å²) in [6, 6.07) is 8.65. The molecule has 0 aromatic heterocycles. The van der Waals surface area contributed by atoms with Crippen molar-refractivity contribution in [3.8, 4) is 0 Å². The van der Waals surface area contributed by atoms with E-state index in [2.05, 4.69) is 28.8 Å². The molecular formula is C13H16N2O. The molecule has 1 atom stereocenters. The van der Waals surface area contributed by atoms with Gasteiger partial charge in [-0.25, -0.2) is 0 Å². The lowest BCUT2D eigenvalue weighted by Crippen LogP contribution is -2.51. The Morgan fingerprint density at radius 1 is 1.31 bits per heavy atom. The Kier molecular flexibility index (Phi) is 2.40. The third-order valence-electron chi connectivity index (χ3n) is 3.60. The summed E-state index contributed by atoms with van der Waals surface area (Å²) in [5.41, 5.74) is 2.70. The summed E-state index contributed by atoms with van der Waals surface area (Å²) in [7, 11) is 0. The van der Waals surface area contributed by atoms with Gasteiger partial charge in [-0.1, -0.05) is 24.3 Å². The van der Waals surface area contributed by atoms with E-state index in [1.54, 1.807) is 0 Å². The van der Waals surface area contributed by atoms with Crippen LogP contribution in [0.3, 0.4) is 0 Å². The maximum absolute atomic E-state index is 11.8. The third kappa shape index (κ3) is 1.61. The van der Waals surface area contributed by atoms with Gasteiger partial charge in [0.15, 0.2) is 0 Å². The summed E-state index contributed by atoms with van der Waals surface area (Å²) < 4.78 is 0. The second-order valence-corrected chi connectivity index (χ2v) is 4.65. The molecule has 2 aliphatic rings. The molecule has 0 bridgehead atoms. The van der Waals surface area contributed by atoms with Crippen LogP contribution in [-0.4, -0.2) is 19.0 Å². The number of hydrogen-bond acceptors (Lipinski definition) is 2. The molecule has 1 aromatic rings. The van der Waals surface area contributed by atoms with Crippen LogP contribution in [0, 0.1) is 5.92 Å². The van der Waals surface area contributed by atoms with E-state index in [0.29, 0.717) is 0 Å². The normalized spacial score (nSPS) is 23.6. The number of nitrogens with one attached hydrogen (secondary N) is 2. The number of benzene rings is 1. The van der Waals surface area contributed by atoms with Gasteiger partial charge in [-0.05, 0) is 24.0 Å². The van der Waals surface area contributed by atoms with Gasteiger partial charge in [0.2, 0.25) is 5.91 Å². The molecule has 2 N–H and O–H groups in total. The molecule has 84 valence electrons. The molecule has 3 heteroatoms. The van der Waals surface area contributed by atoms with E-state index in [9.17, 15) is 4.79 Å². The highest BCUT2D eigenvalue weighted by Gasteiger charge is 2.29. The summed E-state index contributed by atoms with van der Waals surface area (Å²) in [5.74, 6) is 0.396. The lowest BCUT2D eigenvalue weighted by molar-refractivity contribution is -0.127. The molecule has 3 nitrogen and oxygen atoms in total. The summed E-state index contributed by atoms with van der Waals surface area (Å²) >= 11 is 0. The monoisotopic (exact) mass is 216 g/mol. The van der Waals surface area contributed by atoms with Gasteiger partial charge in [0, 0.05) is 13.1 Å². The van der Waals surface area contributed by atoms with Crippen LogP contribution in [0.15, 0.2) is 24.3 Å². The fourth-order valence-electron chi connectivity index (χ4n) is 2.47. The molecule has 1 saturated heterocycles. The molecule has 1 aliphatic carbocycles. The maximum Gasteiger partial charge on any atom is 0.226 e. The van der Waals surface area contributed by atoms with Crippen molar-refractivity contribution in [2.75, 3.05) is 13.1 Å². The van der Waals surface area contributed by atoms with E-state index in [-0.39, 0.29) is 17.9 Å². The van der Waals surface area contributed by atoms with Crippen LogP contribution in [0.4, 0.5) is 0 Å². The Hall–Kier alpha value is -1.35.